The van der Waals surface area contributed by atoms with Crippen molar-refractivity contribution in [3.8, 4) is 5.75 Å². The Morgan fingerprint density at radius 2 is 1.93 bits per heavy atom. The molecule has 0 spiro atoms. The van der Waals surface area contributed by atoms with Crippen LogP contribution in [0.4, 0.5) is 5.69 Å². The predicted octanol–water partition coefficient (Wildman–Crippen LogP) is 4.60. The highest BCUT2D eigenvalue weighted by atomic mass is 32.2. The molecule has 27 heavy (non-hydrogen) atoms. The summed E-state index contributed by atoms with van der Waals surface area (Å²) in [7, 11) is 1.67. The topological polar surface area (TPSA) is 42.0 Å². The third kappa shape index (κ3) is 3.83. The quantitative estimate of drug-likeness (QED) is 0.377. The predicted molar refractivity (Wildman–Crippen MR) is 116 cm³/mol. The highest BCUT2D eigenvalue weighted by Crippen LogP contribution is 2.48. The lowest BCUT2D eigenvalue weighted by molar-refractivity contribution is -0.122. The van der Waals surface area contributed by atoms with Gasteiger partial charge in [0.15, 0.2) is 0 Å². The third-order valence-corrected chi connectivity index (χ3v) is 6.76. The molecule has 0 unspecified atom stereocenters. The molecule has 5 nitrogen and oxygen atoms in total. The van der Waals surface area contributed by atoms with Crippen molar-refractivity contribution in [2.24, 2.45) is 0 Å². The molecule has 1 saturated heterocycles. The molecule has 2 aliphatic heterocycles. The number of carbonyl (C=O) groups excluding carboxylic acids is 1. The zero-order valence-corrected chi connectivity index (χ0v) is 18.2. The Morgan fingerprint density at radius 3 is 2.52 bits per heavy atom. The molecule has 3 rings (SSSR count). The van der Waals surface area contributed by atoms with E-state index in [-0.39, 0.29) is 5.91 Å². The Bertz CT molecular complexity index is 835. The second-order valence-corrected chi connectivity index (χ2v) is 8.41. The molecule has 1 aromatic rings. The number of amides is 1. The number of methoxy groups -OCH3 is 1. The van der Waals surface area contributed by atoms with Gasteiger partial charge in [0, 0.05) is 30.1 Å². The first-order valence-electron chi connectivity index (χ1n) is 8.79. The van der Waals surface area contributed by atoms with Crippen molar-refractivity contribution in [2.75, 3.05) is 31.7 Å². The molecule has 1 aromatic carbocycles. The minimum atomic E-state index is -0.0852. The second-order valence-electron chi connectivity index (χ2n) is 5.71. The molecule has 144 valence electrons. The van der Waals surface area contributed by atoms with E-state index in [9.17, 15) is 4.79 Å². The molecule has 2 aliphatic rings. The molecule has 0 atom stereocenters. The summed E-state index contributed by atoms with van der Waals surface area (Å²) < 4.78 is 11.8. The van der Waals surface area contributed by atoms with Gasteiger partial charge in [-0.15, -0.1) is 0 Å². The van der Waals surface area contributed by atoms with Gasteiger partial charge >= 0.3 is 0 Å². The maximum atomic E-state index is 12.7. The molecule has 0 aromatic heterocycles. The Hall–Kier alpha value is -1.64. The molecule has 0 saturated carbocycles. The van der Waals surface area contributed by atoms with Crippen molar-refractivity contribution in [2.45, 2.75) is 25.7 Å². The van der Waals surface area contributed by atoms with E-state index >= 15 is 0 Å². The van der Waals surface area contributed by atoms with Crippen LogP contribution in [-0.4, -0.2) is 41.9 Å². The van der Waals surface area contributed by atoms with E-state index in [0.717, 1.165) is 27.9 Å². The standard InChI is InChI=1S/C19H22N2O3S3/c1-5-20-13-10-12(23-4)8-9-15(13)26-16(20)11-14(24-7-3)17-18(22)21(6-2)19(25)27-17/h8-11H,5-7H2,1-4H3/b16-11-,17-14-. The lowest BCUT2D eigenvalue weighted by atomic mass is 10.2. The van der Waals surface area contributed by atoms with Crippen LogP contribution in [0.1, 0.15) is 20.8 Å². The number of hydrogen-bond acceptors (Lipinski definition) is 7. The largest absolute Gasteiger partial charge is 0.497 e. The minimum absolute atomic E-state index is 0.0852. The highest BCUT2D eigenvalue weighted by molar-refractivity contribution is 8.26. The summed E-state index contributed by atoms with van der Waals surface area (Å²) in [6.07, 6.45) is 1.95. The molecule has 8 heteroatoms. The molecule has 0 radical (unpaired) electrons. The van der Waals surface area contributed by atoms with Crippen LogP contribution in [0, 0.1) is 0 Å². The van der Waals surface area contributed by atoms with Crippen LogP contribution in [0.2, 0.25) is 0 Å². The first-order chi connectivity index (χ1) is 13.0. The van der Waals surface area contributed by atoms with E-state index in [1.165, 1.54) is 11.8 Å². The van der Waals surface area contributed by atoms with Crippen LogP contribution in [0.25, 0.3) is 0 Å². The van der Waals surface area contributed by atoms with Crippen molar-refractivity contribution in [1.82, 2.24) is 4.90 Å². The molecule has 2 heterocycles. The molecular formula is C19H22N2O3S3. The molecule has 0 N–H and O–H groups in total. The van der Waals surface area contributed by atoms with Gasteiger partial charge in [-0.05, 0) is 32.9 Å². The maximum Gasteiger partial charge on any atom is 0.269 e. The van der Waals surface area contributed by atoms with Gasteiger partial charge in [0.05, 0.1) is 24.4 Å². The average molecular weight is 423 g/mol. The SMILES string of the molecule is CCOC(/C=C1\Sc2ccc(OC)cc2N1CC)=C1\SC(=S)N(CC)C1=O. The number of nitrogens with zero attached hydrogens (tertiary/aromatic N) is 2. The minimum Gasteiger partial charge on any atom is -0.497 e. The summed E-state index contributed by atoms with van der Waals surface area (Å²) in [5.41, 5.74) is 1.10. The van der Waals surface area contributed by atoms with Crippen molar-refractivity contribution >= 4 is 51.7 Å². The van der Waals surface area contributed by atoms with Gasteiger partial charge in [-0.2, -0.15) is 0 Å². The number of thiocarbonyl (C=S) groups is 1. The summed E-state index contributed by atoms with van der Waals surface area (Å²) in [5, 5.41) is 1.02. The van der Waals surface area contributed by atoms with E-state index in [1.807, 2.05) is 32.1 Å². The fourth-order valence-corrected chi connectivity index (χ4v) is 5.42. The second kappa shape index (κ2) is 8.58. The maximum absolute atomic E-state index is 12.7. The number of rotatable bonds is 6. The highest BCUT2D eigenvalue weighted by Gasteiger charge is 2.34. The van der Waals surface area contributed by atoms with Gasteiger partial charge in [0.25, 0.3) is 5.91 Å². The summed E-state index contributed by atoms with van der Waals surface area (Å²) in [6, 6.07) is 6.04. The molecule has 0 bridgehead atoms. The number of ether oxygens (including phenoxy) is 2. The monoisotopic (exact) mass is 422 g/mol. The first-order valence-corrected chi connectivity index (χ1v) is 10.8. The smallest absolute Gasteiger partial charge is 0.269 e. The fraction of sp³-hybridized carbons (Fsp3) is 0.368. The van der Waals surface area contributed by atoms with Gasteiger partial charge in [0.2, 0.25) is 0 Å². The van der Waals surface area contributed by atoms with Crippen molar-refractivity contribution in [3.05, 3.63) is 40.0 Å². The Kier molecular flexibility index (Phi) is 6.39. The zero-order valence-electron chi connectivity index (χ0n) is 15.8. The average Bonchev–Trinajstić information content (AvgIpc) is 3.16. The van der Waals surface area contributed by atoms with Crippen LogP contribution in [0.3, 0.4) is 0 Å². The van der Waals surface area contributed by atoms with Crippen LogP contribution in [0.15, 0.2) is 44.9 Å². The summed E-state index contributed by atoms with van der Waals surface area (Å²) in [6.45, 7) is 7.77. The number of allylic oxidation sites excluding steroid dienone is 1. The molecule has 1 fully saturated rings. The van der Waals surface area contributed by atoms with E-state index in [2.05, 4.69) is 17.9 Å². The number of likely N-dealkylation sites (N-methyl/N-ethyl adjacent to an activating group) is 1. The van der Waals surface area contributed by atoms with Crippen LogP contribution < -0.4 is 9.64 Å². The first kappa shape index (κ1) is 20.1. The summed E-state index contributed by atoms with van der Waals surface area (Å²) in [4.78, 5) is 18.2. The number of thioether (sulfide) groups is 2. The van der Waals surface area contributed by atoms with Crippen molar-refractivity contribution in [1.29, 1.82) is 0 Å². The van der Waals surface area contributed by atoms with Gasteiger partial charge < -0.3 is 14.4 Å². The third-order valence-electron chi connectivity index (χ3n) is 4.20. The summed E-state index contributed by atoms with van der Waals surface area (Å²) >= 11 is 8.30. The van der Waals surface area contributed by atoms with Gasteiger partial charge in [-0.25, -0.2) is 0 Å². The van der Waals surface area contributed by atoms with Crippen molar-refractivity contribution < 1.29 is 14.3 Å². The normalized spacial score (nSPS) is 19.8. The molecule has 0 aliphatic carbocycles. The van der Waals surface area contributed by atoms with Crippen LogP contribution >= 0.6 is 35.7 Å². The number of benzene rings is 1. The number of carbonyl (C=O) groups is 1. The van der Waals surface area contributed by atoms with Crippen LogP contribution in [-0.2, 0) is 9.53 Å². The number of hydrogen-bond donors (Lipinski definition) is 0. The molecular weight excluding hydrogens is 400 g/mol. The number of anilines is 1. The molecule has 1 amide bonds. The summed E-state index contributed by atoms with van der Waals surface area (Å²) in [5.74, 6) is 1.31. The van der Waals surface area contributed by atoms with Gasteiger partial charge in [-0.1, -0.05) is 35.7 Å². The van der Waals surface area contributed by atoms with E-state index < -0.39 is 0 Å². The Morgan fingerprint density at radius 1 is 1.19 bits per heavy atom. The van der Waals surface area contributed by atoms with Crippen molar-refractivity contribution in [3.63, 3.8) is 0 Å². The van der Waals surface area contributed by atoms with Gasteiger partial charge in [0.1, 0.15) is 20.7 Å². The van der Waals surface area contributed by atoms with E-state index in [0.29, 0.717) is 28.1 Å². The lowest BCUT2D eigenvalue weighted by Crippen LogP contribution is -2.27. The Balaban J connectivity index is 2.01. The van der Waals surface area contributed by atoms with E-state index in [1.54, 1.807) is 23.8 Å². The Labute approximate surface area is 173 Å². The lowest BCUT2D eigenvalue weighted by Gasteiger charge is -2.19. The zero-order chi connectivity index (χ0) is 19.6. The van der Waals surface area contributed by atoms with Gasteiger partial charge in [-0.3, -0.25) is 9.69 Å². The fourth-order valence-electron chi connectivity index (χ4n) is 2.90. The van der Waals surface area contributed by atoms with Crippen LogP contribution in [0.5, 0.6) is 5.75 Å². The number of fused-ring (bicyclic) bond motifs is 1. The van der Waals surface area contributed by atoms with E-state index in [4.69, 9.17) is 21.7 Å².